The van der Waals surface area contributed by atoms with E-state index in [-0.39, 0.29) is 36.7 Å². The minimum Gasteiger partial charge on any atom is -0.480 e. The Bertz CT molecular complexity index is 672. The number of hydrogen-bond donors (Lipinski definition) is 2. The molecule has 148 valence electrons. The van der Waals surface area contributed by atoms with Crippen LogP contribution < -0.4 is 5.32 Å². The molecule has 2 aliphatic carbocycles. The van der Waals surface area contributed by atoms with Crippen LogP contribution in [0.2, 0.25) is 0 Å². The van der Waals surface area contributed by atoms with Crippen molar-refractivity contribution in [3.8, 4) is 0 Å². The summed E-state index contributed by atoms with van der Waals surface area (Å²) < 4.78 is 0. The third kappa shape index (κ3) is 2.99. The Labute approximate surface area is 158 Å². The molecule has 8 heteroatoms. The molecule has 0 radical (unpaired) electrons. The number of aliphatic carboxylic acids is 1. The Morgan fingerprint density at radius 1 is 1.11 bits per heavy atom. The SMILES string of the molecule is O=C(O)[C@@H]1C[C@@H]2CCCC[C@@H]2N1C(=O)CCN1C(=O)NC2(CCCC2)C1=O. The second-order valence-electron chi connectivity index (χ2n) is 8.43. The third-order valence-corrected chi connectivity index (χ3v) is 6.91. The van der Waals surface area contributed by atoms with Crippen molar-refractivity contribution < 1.29 is 24.3 Å². The highest BCUT2D eigenvalue weighted by atomic mass is 16.4. The number of hydrogen-bond acceptors (Lipinski definition) is 4. The minimum absolute atomic E-state index is 0.0117. The molecule has 2 aliphatic heterocycles. The molecular formula is C19H27N3O5. The molecule has 3 atom stereocenters. The third-order valence-electron chi connectivity index (χ3n) is 6.91. The van der Waals surface area contributed by atoms with Crippen LogP contribution in [0.4, 0.5) is 4.79 Å². The zero-order valence-electron chi connectivity index (χ0n) is 15.5. The van der Waals surface area contributed by atoms with Gasteiger partial charge in [0.1, 0.15) is 11.6 Å². The molecule has 2 saturated heterocycles. The summed E-state index contributed by atoms with van der Waals surface area (Å²) in [7, 11) is 0. The average Bonchev–Trinajstić information content (AvgIpc) is 3.31. The molecule has 1 spiro atoms. The van der Waals surface area contributed by atoms with Gasteiger partial charge < -0.3 is 15.3 Å². The lowest BCUT2D eigenvalue weighted by atomic mass is 9.84. The van der Waals surface area contributed by atoms with Gasteiger partial charge in [-0.2, -0.15) is 0 Å². The number of carboxylic acid groups (broad SMARTS) is 1. The van der Waals surface area contributed by atoms with E-state index in [0.717, 1.165) is 43.4 Å². The number of imide groups is 1. The Hall–Kier alpha value is -2.12. The molecule has 27 heavy (non-hydrogen) atoms. The van der Waals surface area contributed by atoms with Gasteiger partial charge in [0, 0.05) is 19.0 Å². The van der Waals surface area contributed by atoms with Crippen LogP contribution in [0, 0.1) is 5.92 Å². The van der Waals surface area contributed by atoms with Crippen LogP contribution in [0.3, 0.4) is 0 Å². The minimum atomic E-state index is -0.961. The number of likely N-dealkylation sites (tertiary alicyclic amines) is 1. The monoisotopic (exact) mass is 377 g/mol. The van der Waals surface area contributed by atoms with Gasteiger partial charge in [0.05, 0.1) is 0 Å². The molecule has 8 nitrogen and oxygen atoms in total. The smallest absolute Gasteiger partial charge is 0.326 e. The van der Waals surface area contributed by atoms with Crippen LogP contribution in [0.5, 0.6) is 0 Å². The summed E-state index contributed by atoms with van der Waals surface area (Å²) in [6.07, 6.45) is 7.52. The molecule has 4 rings (SSSR count). The fraction of sp³-hybridized carbons (Fsp3) is 0.789. The topological polar surface area (TPSA) is 107 Å². The van der Waals surface area contributed by atoms with E-state index in [1.54, 1.807) is 0 Å². The molecule has 0 bridgehead atoms. The first-order valence-corrected chi connectivity index (χ1v) is 10.1. The Balaban J connectivity index is 1.43. The molecule has 0 aromatic carbocycles. The van der Waals surface area contributed by atoms with Crippen molar-refractivity contribution in [2.24, 2.45) is 5.92 Å². The van der Waals surface area contributed by atoms with Crippen LogP contribution in [0.15, 0.2) is 0 Å². The number of nitrogens with zero attached hydrogens (tertiary/aromatic N) is 2. The highest BCUT2D eigenvalue weighted by Gasteiger charge is 2.53. The van der Waals surface area contributed by atoms with Crippen LogP contribution in [0.25, 0.3) is 0 Å². The van der Waals surface area contributed by atoms with Crippen LogP contribution in [-0.4, -0.2) is 62.9 Å². The maximum absolute atomic E-state index is 12.9. The van der Waals surface area contributed by atoms with Gasteiger partial charge in [-0.3, -0.25) is 14.5 Å². The first kappa shape index (κ1) is 18.3. The van der Waals surface area contributed by atoms with E-state index < -0.39 is 23.6 Å². The maximum atomic E-state index is 12.9. The average molecular weight is 377 g/mol. The standard InChI is InChI=1S/C19H27N3O5/c23-15(22-13-6-2-1-5-12(13)11-14(22)16(24)25)7-10-21-17(26)19(20-18(21)27)8-3-4-9-19/h12-14H,1-11H2,(H,20,27)(H,24,25)/t12-,13-,14-/m0/s1. The van der Waals surface area contributed by atoms with E-state index in [1.165, 1.54) is 4.90 Å². The Morgan fingerprint density at radius 2 is 1.81 bits per heavy atom. The lowest BCUT2D eigenvalue weighted by Gasteiger charge is -2.33. The Morgan fingerprint density at radius 3 is 2.52 bits per heavy atom. The number of urea groups is 1. The molecule has 2 saturated carbocycles. The molecule has 4 fully saturated rings. The van der Waals surface area contributed by atoms with Crippen LogP contribution in [0.1, 0.15) is 64.2 Å². The van der Waals surface area contributed by atoms with E-state index in [2.05, 4.69) is 5.32 Å². The first-order chi connectivity index (χ1) is 12.9. The molecular weight excluding hydrogens is 350 g/mol. The van der Waals surface area contributed by atoms with Crippen molar-refractivity contribution in [2.75, 3.05) is 6.54 Å². The Kier molecular flexibility index (Phi) is 4.60. The number of carboxylic acids is 1. The van der Waals surface area contributed by atoms with Gasteiger partial charge in [0.25, 0.3) is 5.91 Å². The normalized spacial score (nSPS) is 32.1. The molecule has 4 amide bonds. The highest BCUT2D eigenvalue weighted by molar-refractivity contribution is 6.07. The largest absolute Gasteiger partial charge is 0.480 e. The van der Waals surface area contributed by atoms with Crippen molar-refractivity contribution in [3.63, 3.8) is 0 Å². The maximum Gasteiger partial charge on any atom is 0.326 e. The van der Waals surface area contributed by atoms with E-state index in [4.69, 9.17) is 0 Å². The van der Waals surface area contributed by atoms with Crippen molar-refractivity contribution in [1.29, 1.82) is 0 Å². The van der Waals surface area contributed by atoms with Crippen LogP contribution >= 0.6 is 0 Å². The lowest BCUT2D eigenvalue weighted by Crippen LogP contribution is -2.47. The summed E-state index contributed by atoms with van der Waals surface area (Å²) in [6, 6.07) is -1.23. The molecule has 0 aromatic heterocycles. The van der Waals surface area contributed by atoms with Crippen molar-refractivity contribution in [3.05, 3.63) is 0 Å². The fourth-order valence-electron chi connectivity index (χ4n) is 5.57. The summed E-state index contributed by atoms with van der Waals surface area (Å²) in [5, 5.41) is 12.4. The van der Waals surface area contributed by atoms with E-state index >= 15 is 0 Å². The van der Waals surface area contributed by atoms with E-state index in [1.807, 2.05) is 0 Å². The van der Waals surface area contributed by atoms with Gasteiger partial charge in [-0.15, -0.1) is 0 Å². The van der Waals surface area contributed by atoms with Gasteiger partial charge in [0.15, 0.2) is 0 Å². The van der Waals surface area contributed by atoms with Crippen molar-refractivity contribution in [2.45, 2.75) is 81.8 Å². The van der Waals surface area contributed by atoms with Crippen molar-refractivity contribution in [1.82, 2.24) is 15.1 Å². The van der Waals surface area contributed by atoms with Gasteiger partial charge in [0.2, 0.25) is 5.91 Å². The second kappa shape index (κ2) is 6.80. The molecule has 0 aromatic rings. The quantitative estimate of drug-likeness (QED) is 0.722. The zero-order chi connectivity index (χ0) is 19.2. The zero-order valence-corrected chi connectivity index (χ0v) is 15.5. The van der Waals surface area contributed by atoms with E-state index in [0.29, 0.717) is 19.3 Å². The van der Waals surface area contributed by atoms with Gasteiger partial charge >= 0.3 is 12.0 Å². The number of rotatable bonds is 4. The number of carbonyl (C=O) groups is 4. The second-order valence-corrected chi connectivity index (χ2v) is 8.43. The summed E-state index contributed by atoms with van der Waals surface area (Å²) in [5.74, 6) is -1.20. The highest BCUT2D eigenvalue weighted by Crippen LogP contribution is 2.40. The fourth-order valence-corrected chi connectivity index (χ4v) is 5.57. The molecule has 2 N–H and O–H groups in total. The van der Waals surface area contributed by atoms with Gasteiger partial charge in [-0.25, -0.2) is 9.59 Å². The number of nitrogens with one attached hydrogen (secondary N) is 1. The molecule has 0 unspecified atom stereocenters. The van der Waals surface area contributed by atoms with Gasteiger partial charge in [-0.05, 0) is 38.0 Å². The first-order valence-electron chi connectivity index (χ1n) is 10.1. The predicted molar refractivity (Wildman–Crippen MR) is 94.7 cm³/mol. The molecule has 2 heterocycles. The number of carbonyl (C=O) groups excluding carboxylic acids is 3. The summed E-state index contributed by atoms with van der Waals surface area (Å²) in [5.41, 5.74) is -0.772. The van der Waals surface area contributed by atoms with Crippen molar-refractivity contribution >= 4 is 23.8 Å². The summed E-state index contributed by atoms with van der Waals surface area (Å²) in [4.78, 5) is 52.2. The predicted octanol–water partition coefficient (Wildman–Crippen LogP) is 1.49. The lowest BCUT2D eigenvalue weighted by molar-refractivity contribution is -0.150. The summed E-state index contributed by atoms with van der Waals surface area (Å²) >= 11 is 0. The number of fused-ring (bicyclic) bond motifs is 1. The number of amides is 4. The van der Waals surface area contributed by atoms with Crippen LogP contribution in [-0.2, 0) is 14.4 Å². The van der Waals surface area contributed by atoms with E-state index in [9.17, 15) is 24.3 Å². The summed E-state index contributed by atoms with van der Waals surface area (Å²) in [6.45, 7) is 0.0193. The van der Waals surface area contributed by atoms with Gasteiger partial charge in [-0.1, -0.05) is 25.7 Å². The molecule has 4 aliphatic rings.